The van der Waals surface area contributed by atoms with Gasteiger partial charge in [-0.1, -0.05) is 0 Å². The van der Waals surface area contributed by atoms with Crippen molar-refractivity contribution in [3.05, 3.63) is 16.3 Å². The van der Waals surface area contributed by atoms with Crippen LogP contribution in [0.1, 0.15) is 22.5 Å². The largest absolute Gasteiger partial charge is 0.477 e. The summed E-state index contributed by atoms with van der Waals surface area (Å²) in [6.07, 6.45) is 1.49. The number of nitrogens with zero attached hydrogens (tertiary/aromatic N) is 1. The number of carboxylic acids is 1. The Morgan fingerprint density at radius 1 is 1.58 bits per heavy atom. The first-order chi connectivity index (χ1) is 8.95. The van der Waals surface area contributed by atoms with Crippen molar-refractivity contribution in [1.82, 2.24) is 4.31 Å². The molecule has 1 aromatic heterocycles. The normalized spacial score (nSPS) is 21.4. The van der Waals surface area contributed by atoms with Gasteiger partial charge in [-0.2, -0.15) is 4.31 Å². The van der Waals surface area contributed by atoms with Gasteiger partial charge in [0, 0.05) is 25.6 Å². The van der Waals surface area contributed by atoms with Crippen molar-refractivity contribution < 1.29 is 23.1 Å². The third kappa shape index (κ3) is 2.97. The van der Waals surface area contributed by atoms with Crippen molar-refractivity contribution >= 4 is 27.3 Å². The van der Waals surface area contributed by atoms with Gasteiger partial charge in [0.15, 0.2) is 0 Å². The Balaban J connectivity index is 2.23. The zero-order valence-electron chi connectivity index (χ0n) is 10.4. The molecular formula is C11H15NO5S2. The third-order valence-corrected chi connectivity index (χ3v) is 6.01. The van der Waals surface area contributed by atoms with Crippen LogP contribution < -0.4 is 0 Å². The first-order valence-corrected chi connectivity index (χ1v) is 8.12. The van der Waals surface area contributed by atoms with E-state index in [4.69, 9.17) is 9.84 Å². The van der Waals surface area contributed by atoms with E-state index in [-0.39, 0.29) is 15.9 Å². The molecule has 1 unspecified atom stereocenters. The maximum absolute atomic E-state index is 12.4. The van der Waals surface area contributed by atoms with Crippen molar-refractivity contribution in [2.75, 3.05) is 20.2 Å². The SMILES string of the molecule is COC1CCCN(S(=O)(=O)c2csc(C(=O)O)c2)C1. The van der Waals surface area contributed by atoms with E-state index in [9.17, 15) is 13.2 Å². The van der Waals surface area contributed by atoms with E-state index in [1.165, 1.54) is 15.8 Å². The van der Waals surface area contributed by atoms with E-state index in [1.807, 2.05) is 0 Å². The number of methoxy groups -OCH3 is 1. The minimum absolute atomic E-state index is 0.0267. The number of carboxylic acid groups (broad SMARTS) is 1. The van der Waals surface area contributed by atoms with Gasteiger partial charge < -0.3 is 9.84 Å². The summed E-state index contributed by atoms with van der Waals surface area (Å²) in [5.74, 6) is -1.11. The molecule has 0 spiro atoms. The van der Waals surface area contributed by atoms with Gasteiger partial charge in [0.25, 0.3) is 0 Å². The smallest absolute Gasteiger partial charge is 0.345 e. The van der Waals surface area contributed by atoms with E-state index >= 15 is 0 Å². The van der Waals surface area contributed by atoms with Crippen LogP contribution in [0.3, 0.4) is 0 Å². The number of hydrogen-bond acceptors (Lipinski definition) is 5. The minimum atomic E-state index is -3.62. The highest BCUT2D eigenvalue weighted by Crippen LogP contribution is 2.25. The second-order valence-corrected chi connectivity index (χ2v) is 7.16. The molecule has 0 amide bonds. The van der Waals surface area contributed by atoms with Gasteiger partial charge in [-0.25, -0.2) is 13.2 Å². The van der Waals surface area contributed by atoms with E-state index < -0.39 is 16.0 Å². The third-order valence-electron chi connectivity index (χ3n) is 3.10. The fourth-order valence-corrected chi connectivity index (χ4v) is 4.64. The lowest BCUT2D eigenvalue weighted by molar-refractivity contribution is 0.0572. The highest BCUT2D eigenvalue weighted by atomic mass is 32.2. The molecule has 0 bridgehead atoms. The molecule has 0 aliphatic carbocycles. The van der Waals surface area contributed by atoms with Gasteiger partial charge in [0.1, 0.15) is 4.88 Å². The summed E-state index contributed by atoms with van der Waals surface area (Å²) in [6, 6.07) is 1.21. The second-order valence-electron chi connectivity index (χ2n) is 4.31. The van der Waals surface area contributed by atoms with E-state index in [2.05, 4.69) is 0 Å². The molecule has 2 heterocycles. The standard InChI is InChI=1S/C11H15NO5S2/c1-17-8-3-2-4-12(6-8)19(15,16)9-5-10(11(13)14)18-7-9/h5,7-8H,2-4,6H2,1H3,(H,13,14). The average molecular weight is 305 g/mol. The molecule has 1 aromatic rings. The molecule has 8 heteroatoms. The van der Waals surface area contributed by atoms with Gasteiger partial charge in [-0.15, -0.1) is 11.3 Å². The second kappa shape index (κ2) is 5.58. The molecule has 1 aliphatic rings. The molecule has 1 fully saturated rings. The van der Waals surface area contributed by atoms with Crippen molar-refractivity contribution in [2.24, 2.45) is 0 Å². The molecule has 1 aliphatic heterocycles. The highest BCUT2D eigenvalue weighted by Gasteiger charge is 2.31. The summed E-state index contributed by atoms with van der Waals surface area (Å²) in [7, 11) is -2.05. The lowest BCUT2D eigenvalue weighted by Gasteiger charge is -2.30. The topological polar surface area (TPSA) is 83.9 Å². The zero-order valence-corrected chi connectivity index (χ0v) is 12.0. The number of rotatable bonds is 4. The molecule has 0 radical (unpaired) electrons. The Bertz CT molecular complexity index is 565. The van der Waals surface area contributed by atoms with Gasteiger partial charge in [0.05, 0.1) is 11.0 Å². The van der Waals surface area contributed by atoms with Gasteiger partial charge in [-0.3, -0.25) is 0 Å². The highest BCUT2D eigenvalue weighted by molar-refractivity contribution is 7.89. The maximum atomic E-state index is 12.4. The van der Waals surface area contributed by atoms with Crippen LogP contribution in [0.25, 0.3) is 0 Å². The maximum Gasteiger partial charge on any atom is 0.345 e. The van der Waals surface area contributed by atoms with Crippen molar-refractivity contribution in [3.63, 3.8) is 0 Å². The lowest BCUT2D eigenvalue weighted by atomic mass is 10.1. The molecule has 6 nitrogen and oxygen atoms in total. The molecular weight excluding hydrogens is 290 g/mol. The van der Waals surface area contributed by atoms with Crippen molar-refractivity contribution in [3.8, 4) is 0 Å². The van der Waals surface area contributed by atoms with Crippen molar-refractivity contribution in [1.29, 1.82) is 0 Å². The van der Waals surface area contributed by atoms with Crippen LogP contribution in [0.15, 0.2) is 16.3 Å². The Morgan fingerprint density at radius 2 is 2.32 bits per heavy atom. The number of ether oxygens (including phenoxy) is 1. The molecule has 0 saturated carbocycles. The van der Waals surface area contributed by atoms with E-state index in [1.54, 1.807) is 7.11 Å². The van der Waals surface area contributed by atoms with Gasteiger partial charge in [-0.05, 0) is 18.9 Å². The molecule has 1 saturated heterocycles. The van der Waals surface area contributed by atoms with Crippen LogP contribution in [-0.2, 0) is 14.8 Å². The fraction of sp³-hybridized carbons (Fsp3) is 0.545. The van der Waals surface area contributed by atoms with Gasteiger partial charge in [0.2, 0.25) is 10.0 Å². The number of carbonyl (C=O) groups is 1. The zero-order chi connectivity index (χ0) is 14.0. The van der Waals surface area contributed by atoms with Crippen LogP contribution in [0, 0.1) is 0 Å². The summed E-state index contributed by atoms with van der Waals surface area (Å²) in [5, 5.41) is 10.2. The molecule has 1 atom stereocenters. The Hall–Kier alpha value is -0.960. The molecule has 106 valence electrons. The molecule has 1 N–H and O–H groups in total. The summed E-state index contributed by atoms with van der Waals surface area (Å²) in [5.41, 5.74) is 0. The quantitative estimate of drug-likeness (QED) is 0.905. The van der Waals surface area contributed by atoms with Crippen LogP contribution in [0.4, 0.5) is 0 Å². The number of aromatic carboxylic acids is 1. The number of sulfonamides is 1. The van der Waals surface area contributed by atoms with Crippen LogP contribution in [0.5, 0.6) is 0 Å². The number of thiophene rings is 1. The summed E-state index contributed by atoms with van der Waals surface area (Å²) in [4.78, 5) is 10.9. The predicted molar refractivity (Wildman–Crippen MR) is 70.1 cm³/mol. The Labute approximate surface area is 115 Å². The fourth-order valence-electron chi connectivity index (χ4n) is 2.03. The number of hydrogen-bond donors (Lipinski definition) is 1. The molecule has 19 heavy (non-hydrogen) atoms. The predicted octanol–water partition coefficient (Wildman–Crippen LogP) is 1.25. The van der Waals surface area contributed by atoms with Crippen LogP contribution in [-0.4, -0.2) is 50.1 Å². The summed E-state index contributed by atoms with van der Waals surface area (Å²) in [6.45, 7) is 0.761. The van der Waals surface area contributed by atoms with Crippen LogP contribution in [0.2, 0.25) is 0 Å². The summed E-state index contributed by atoms with van der Waals surface area (Å²) < 4.78 is 31.3. The monoisotopic (exact) mass is 305 g/mol. The summed E-state index contributed by atoms with van der Waals surface area (Å²) >= 11 is 0.918. The first kappa shape index (κ1) is 14.4. The lowest BCUT2D eigenvalue weighted by Crippen LogP contribution is -2.42. The molecule has 2 rings (SSSR count). The Kier molecular flexibility index (Phi) is 4.24. The van der Waals surface area contributed by atoms with E-state index in [0.29, 0.717) is 13.1 Å². The van der Waals surface area contributed by atoms with E-state index in [0.717, 1.165) is 24.2 Å². The van der Waals surface area contributed by atoms with Crippen LogP contribution >= 0.6 is 11.3 Å². The average Bonchev–Trinajstić information content (AvgIpc) is 2.89. The van der Waals surface area contributed by atoms with Gasteiger partial charge >= 0.3 is 5.97 Å². The molecule has 0 aromatic carbocycles. The minimum Gasteiger partial charge on any atom is -0.477 e. The first-order valence-electron chi connectivity index (χ1n) is 5.80. The number of piperidine rings is 1. The van der Waals surface area contributed by atoms with Crippen molar-refractivity contribution in [2.45, 2.75) is 23.8 Å². The Morgan fingerprint density at radius 3 is 2.89 bits per heavy atom.